The zero-order chi connectivity index (χ0) is 51.5. The minimum Gasteiger partial charge on any atom is -0.456 e. The fraction of sp³-hybridized carbons (Fsp3) is 0.0137. The summed E-state index contributed by atoms with van der Waals surface area (Å²) in [6.07, 6.45) is 9.23. The molecular weight excluding hydrogens is 949 g/mol. The van der Waals surface area contributed by atoms with Crippen molar-refractivity contribution in [3.05, 3.63) is 307 Å². The molecule has 5 nitrogen and oxygen atoms in total. The lowest BCUT2D eigenvalue weighted by molar-refractivity contribution is 0.669. The normalized spacial score (nSPS) is 13.9. The van der Waals surface area contributed by atoms with Crippen molar-refractivity contribution in [1.82, 2.24) is 9.88 Å². The molecule has 0 spiro atoms. The van der Waals surface area contributed by atoms with Crippen LogP contribution in [0.4, 0.5) is 34.1 Å². The lowest BCUT2D eigenvalue weighted by atomic mass is 9.91. The first kappa shape index (κ1) is 45.1. The lowest BCUT2D eigenvalue weighted by Crippen LogP contribution is -2.22. The van der Waals surface area contributed by atoms with Gasteiger partial charge in [-0.3, -0.25) is 0 Å². The highest BCUT2D eigenvalue weighted by molar-refractivity contribution is 6.10. The second-order valence-electron chi connectivity index (χ2n) is 20.2. The molecule has 78 heavy (non-hydrogen) atoms. The number of aromatic nitrogens is 1. The van der Waals surface area contributed by atoms with Crippen LogP contribution in [0.25, 0.3) is 84.0 Å². The van der Waals surface area contributed by atoms with Crippen LogP contribution in [0, 0.1) is 0 Å². The number of benzene rings is 11. The van der Waals surface area contributed by atoms with Crippen molar-refractivity contribution in [3.8, 4) is 16.8 Å². The van der Waals surface area contributed by atoms with Gasteiger partial charge in [0, 0.05) is 61.2 Å². The summed E-state index contributed by atoms with van der Waals surface area (Å²) in [5.41, 5.74) is 21.7. The van der Waals surface area contributed by atoms with E-state index in [4.69, 9.17) is 4.42 Å². The Bertz CT molecular complexity index is 4490. The molecule has 0 saturated heterocycles. The Labute approximate surface area is 452 Å². The van der Waals surface area contributed by atoms with Gasteiger partial charge in [-0.25, -0.2) is 0 Å². The van der Waals surface area contributed by atoms with Gasteiger partial charge < -0.3 is 24.1 Å². The molecule has 4 heterocycles. The van der Waals surface area contributed by atoms with Crippen molar-refractivity contribution in [2.75, 3.05) is 9.80 Å². The van der Waals surface area contributed by atoms with E-state index < -0.39 is 0 Å². The summed E-state index contributed by atoms with van der Waals surface area (Å²) in [5, 5.41) is 8.78. The predicted octanol–water partition coefficient (Wildman–Crippen LogP) is 19.5. The molecule has 11 aromatic carbocycles. The highest BCUT2D eigenvalue weighted by atomic mass is 16.3. The molecule has 0 radical (unpaired) electrons. The van der Waals surface area contributed by atoms with Crippen molar-refractivity contribution >= 4 is 101 Å². The SMILES string of the molecule is C1=Cc2cc(-c3cc(C4=CC(c5ccc6c(c5)oc5ccccc56)=CC(c5ccc6c(c5)c5ccccc5n6-c5ccccc5)N4)cc(N(c4ccccc4)c4ccccc4)c3)ccc2N(c2ccccc2)c2ccccc21. The predicted molar refractivity (Wildman–Crippen MR) is 327 cm³/mol. The number of rotatable bonds is 9. The molecule has 2 aliphatic rings. The summed E-state index contributed by atoms with van der Waals surface area (Å²) in [7, 11) is 0. The molecule has 2 aliphatic heterocycles. The Morgan fingerprint density at radius 1 is 0.385 bits per heavy atom. The maximum absolute atomic E-state index is 6.54. The largest absolute Gasteiger partial charge is 0.456 e. The molecule has 0 aliphatic carbocycles. The van der Waals surface area contributed by atoms with Crippen LogP contribution in [0.3, 0.4) is 0 Å². The van der Waals surface area contributed by atoms with Crippen LogP contribution in [0.15, 0.2) is 283 Å². The number of para-hydroxylation sites is 7. The lowest BCUT2D eigenvalue weighted by Gasteiger charge is -2.29. The Morgan fingerprint density at radius 3 is 1.79 bits per heavy atom. The molecule has 13 aromatic rings. The fourth-order valence-corrected chi connectivity index (χ4v) is 11.8. The molecule has 15 rings (SSSR count). The number of allylic oxidation sites excluding steroid dienone is 2. The van der Waals surface area contributed by atoms with E-state index in [9.17, 15) is 0 Å². The molecule has 2 aromatic heterocycles. The van der Waals surface area contributed by atoms with Crippen LogP contribution in [-0.2, 0) is 0 Å². The summed E-state index contributed by atoms with van der Waals surface area (Å²) in [5.74, 6) is 0. The Balaban J connectivity index is 0.927. The zero-order valence-electron chi connectivity index (χ0n) is 42.5. The Morgan fingerprint density at radius 2 is 1.00 bits per heavy atom. The third kappa shape index (κ3) is 7.87. The van der Waals surface area contributed by atoms with Gasteiger partial charge in [-0.1, -0.05) is 158 Å². The number of anilines is 6. The first-order chi connectivity index (χ1) is 38.6. The molecule has 5 heteroatoms. The first-order valence-electron chi connectivity index (χ1n) is 26.7. The monoisotopic (exact) mass is 998 g/mol. The summed E-state index contributed by atoms with van der Waals surface area (Å²) >= 11 is 0. The number of furan rings is 1. The Kier molecular flexibility index (Phi) is 10.9. The van der Waals surface area contributed by atoms with Crippen LogP contribution in [-0.4, -0.2) is 4.57 Å². The average Bonchev–Trinajstić information content (AvgIpc) is 4.20. The van der Waals surface area contributed by atoms with Gasteiger partial charge in [0.1, 0.15) is 11.2 Å². The molecule has 1 atom stereocenters. The maximum Gasteiger partial charge on any atom is 0.136 e. The van der Waals surface area contributed by atoms with Gasteiger partial charge in [-0.2, -0.15) is 0 Å². The van der Waals surface area contributed by atoms with E-state index in [-0.39, 0.29) is 6.04 Å². The fourth-order valence-electron chi connectivity index (χ4n) is 11.8. The highest BCUT2D eigenvalue weighted by Gasteiger charge is 2.25. The summed E-state index contributed by atoms with van der Waals surface area (Å²) < 4.78 is 8.93. The summed E-state index contributed by atoms with van der Waals surface area (Å²) in [6.45, 7) is 0. The van der Waals surface area contributed by atoms with Gasteiger partial charge in [0.05, 0.1) is 28.5 Å². The molecule has 0 bridgehead atoms. The number of nitrogens with one attached hydrogen (secondary N) is 1. The van der Waals surface area contributed by atoms with Crippen molar-refractivity contribution < 1.29 is 4.42 Å². The number of hydrogen-bond donors (Lipinski definition) is 1. The minimum atomic E-state index is -0.190. The highest BCUT2D eigenvalue weighted by Crippen LogP contribution is 2.46. The third-order valence-electron chi connectivity index (χ3n) is 15.5. The Hall–Kier alpha value is -10.4. The van der Waals surface area contributed by atoms with Crippen LogP contribution in [0.1, 0.15) is 33.9 Å². The number of nitrogens with zero attached hydrogens (tertiary/aromatic N) is 3. The van der Waals surface area contributed by atoms with E-state index in [2.05, 4.69) is 305 Å². The number of dihydropyridines is 1. The van der Waals surface area contributed by atoms with E-state index in [1.165, 1.54) is 32.9 Å². The van der Waals surface area contributed by atoms with E-state index >= 15 is 0 Å². The standard InChI is InChI=1S/C73H50N4O/c1-5-20-57(21-6-1)75(58-22-7-2-8-23-58)61-43-54(50-36-39-69-53(41-50)34-33-49-19-13-16-30-68(49)76(69)59-24-9-3-10-25-59)42-56(44-61)67-47-55(51-35-38-64-63-29-15-18-32-72(63)78-73(64)48-51)46-66(74-67)52-37-40-71-65(45-52)62-28-14-17-31-70(62)77(71)60-26-11-4-12-27-60/h1-48,66,74H. The minimum absolute atomic E-state index is 0.190. The summed E-state index contributed by atoms with van der Waals surface area (Å²) in [6, 6.07) is 95.9. The number of fused-ring (bicyclic) bond motifs is 8. The second kappa shape index (κ2) is 18.8. The van der Waals surface area contributed by atoms with Gasteiger partial charge in [0.15, 0.2) is 0 Å². The van der Waals surface area contributed by atoms with Crippen molar-refractivity contribution in [2.45, 2.75) is 6.04 Å². The van der Waals surface area contributed by atoms with E-state index in [1.807, 2.05) is 6.07 Å². The molecular formula is C73H50N4O. The molecule has 368 valence electrons. The zero-order valence-corrected chi connectivity index (χ0v) is 42.5. The first-order valence-corrected chi connectivity index (χ1v) is 26.7. The topological polar surface area (TPSA) is 36.6 Å². The third-order valence-corrected chi connectivity index (χ3v) is 15.5. The van der Waals surface area contributed by atoms with Gasteiger partial charge in [0.2, 0.25) is 0 Å². The maximum atomic E-state index is 6.54. The van der Waals surface area contributed by atoms with Crippen molar-refractivity contribution in [3.63, 3.8) is 0 Å². The smallest absolute Gasteiger partial charge is 0.136 e. The van der Waals surface area contributed by atoms with Gasteiger partial charge in [-0.15, -0.1) is 0 Å². The molecule has 0 amide bonds. The average molecular weight is 999 g/mol. The molecule has 1 unspecified atom stereocenters. The molecule has 0 fully saturated rings. The van der Waals surface area contributed by atoms with Gasteiger partial charge in [-0.05, 0) is 172 Å². The van der Waals surface area contributed by atoms with E-state index in [0.29, 0.717) is 0 Å². The summed E-state index contributed by atoms with van der Waals surface area (Å²) in [4.78, 5) is 4.75. The van der Waals surface area contributed by atoms with Crippen LogP contribution in [0.2, 0.25) is 0 Å². The van der Waals surface area contributed by atoms with Gasteiger partial charge in [0.25, 0.3) is 0 Å². The van der Waals surface area contributed by atoms with Crippen molar-refractivity contribution in [2.24, 2.45) is 0 Å². The van der Waals surface area contributed by atoms with Gasteiger partial charge >= 0.3 is 0 Å². The molecule has 0 saturated carbocycles. The van der Waals surface area contributed by atoms with Crippen LogP contribution >= 0.6 is 0 Å². The van der Waals surface area contributed by atoms with Crippen LogP contribution in [0.5, 0.6) is 0 Å². The molecule has 1 N–H and O–H groups in total. The van der Waals surface area contributed by atoms with Crippen LogP contribution < -0.4 is 15.1 Å². The number of hydrogen-bond acceptors (Lipinski definition) is 4. The van der Waals surface area contributed by atoms with Crippen molar-refractivity contribution in [1.29, 1.82) is 0 Å². The second-order valence-corrected chi connectivity index (χ2v) is 20.2. The van der Waals surface area contributed by atoms with E-state index in [1.54, 1.807) is 0 Å². The quantitative estimate of drug-likeness (QED) is 0.156. The van der Waals surface area contributed by atoms with E-state index in [0.717, 1.165) is 101 Å².